The van der Waals surface area contributed by atoms with Crippen molar-refractivity contribution in [3.05, 3.63) is 24.0 Å². The molecule has 0 saturated heterocycles. The lowest BCUT2D eigenvalue weighted by atomic mass is 10.2. The van der Waals surface area contributed by atoms with Gasteiger partial charge in [0, 0.05) is 24.4 Å². The van der Waals surface area contributed by atoms with Gasteiger partial charge in [0.15, 0.2) is 0 Å². The Morgan fingerprint density at radius 3 is 2.90 bits per heavy atom. The highest BCUT2D eigenvalue weighted by Gasteiger charge is 2.16. The summed E-state index contributed by atoms with van der Waals surface area (Å²) in [5, 5.41) is 0. The van der Waals surface area contributed by atoms with Crippen molar-refractivity contribution in [2.24, 2.45) is 0 Å². The molecule has 0 amide bonds. The zero-order valence-corrected chi connectivity index (χ0v) is 14.5. The van der Waals surface area contributed by atoms with Gasteiger partial charge in [-0.05, 0) is 37.0 Å². The molecule has 1 heterocycles. The van der Waals surface area contributed by atoms with E-state index in [1.807, 2.05) is 23.9 Å². The quantitative estimate of drug-likeness (QED) is 0.526. The van der Waals surface area contributed by atoms with E-state index in [1.165, 1.54) is 11.5 Å². The minimum atomic E-state index is 0.416. The number of imidazole rings is 1. The maximum atomic E-state index is 5.94. The van der Waals surface area contributed by atoms with Gasteiger partial charge in [-0.1, -0.05) is 6.92 Å². The number of halogens is 1. The summed E-state index contributed by atoms with van der Waals surface area (Å²) in [6.07, 6.45) is 1.93. The number of aromatic nitrogens is 2. The van der Waals surface area contributed by atoms with Crippen LogP contribution < -0.4 is 4.74 Å². The molecule has 3 nitrogen and oxygen atoms in total. The highest BCUT2D eigenvalue weighted by atomic mass is 35.5. The second kappa shape index (κ2) is 7.95. The maximum Gasteiger partial charge on any atom is 0.121 e. The van der Waals surface area contributed by atoms with Crippen LogP contribution in [0.1, 0.15) is 32.1 Å². The normalized spacial score (nSPS) is 12.8. The molecular weight excluding hydrogens is 304 g/mol. The zero-order chi connectivity index (χ0) is 15.2. The van der Waals surface area contributed by atoms with Gasteiger partial charge in [-0.15, -0.1) is 11.6 Å². The Balaban J connectivity index is 2.38. The third-order valence-electron chi connectivity index (χ3n) is 3.61. The summed E-state index contributed by atoms with van der Waals surface area (Å²) < 4.78 is 7.68. The molecule has 2 rings (SSSR count). The Morgan fingerprint density at radius 2 is 2.24 bits per heavy atom. The Labute approximate surface area is 136 Å². The minimum Gasteiger partial charge on any atom is -0.497 e. The molecule has 0 bridgehead atoms. The van der Waals surface area contributed by atoms with E-state index in [-0.39, 0.29) is 0 Å². The van der Waals surface area contributed by atoms with Gasteiger partial charge >= 0.3 is 0 Å². The highest BCUT2D eigenvalue weighted by Crippen LogP contribution is 2.27. The van der Waals surface area contributed by atoms with Gasteiger partial charge in [-0.25, -0.2) is 4.98 Å². The van der Waals surface area contributed by atoms with E-state index in [2.05, 4.69) is 24.5 Å². The molecule has 2 aromatic rings. The van der Waals surface area contributed by atoms with Crippen molar-refractivity contribution >= 4 is 34.4 Å². The summed E-state index contributed by atoms with van der Waals surface area (Å²) in [6, 6.07) is 6.47. The third-order valence-corrected chi connectivity index (χ3v) is 4.73. The molecular formula is C16H23ClN2OS. The third kappa shape index (κ3) is 3.86. The summed E-state index contributed by atoms with van der Waals surface area (Å²) in [5.74, 6) is 4.87. The predicted molar refractivity (Wildman–Crippen MR) is 93.0 cm³/mol. The number of ether oxygens (including phenoxy) is 1. The molecule has 1 aromatic heterocycles. The second-order valence-corrected chi connectivity index (χ2v) is 6.80. The fourth-order valence-corrected chi connectivity index (χ4v) is 3.50. The number of thioether (sulfide) groups is 1. The number of alkyl halides is 1. The Kier molecular flexibility index (Phi) is 6.24. The first-order valence-electron chi connectivity index (χ1n) is 7.39. The molecule has 0 fully saturated rings. The average molecular weight is 327 g/mol. The molecule has 5 heteroatoms. The van der Waals surface area contributed by atoms with E-state index in [4.69, 9.17) is 21.3 Å². The van der Waals surface area contributed by atoms with Gasteiger partial charge in [-0.2, -0.15) is 11.8 Å². The smallest absolute Gasteiger partial charge is 0.121 e. The van der Waals surface area contributed by atoms with Crippen molar-refractivity contribution in [3.8, 4) is 5.75 Å². The summed E-state index contributed by atoms with van der Waals surface area (Å²) in [4.78, 5) is 4.74. The average Bonchev–Trinajstić information content (AvgIpc) is 2.84. The fraction of sp³-hybridized carbons (Fsp3) is 0.562. The van der Waals surface area contributed by atoms with Crippen LogP contribution in [0.3, 0.4) is 0 Å². The van der Waals surface area contributed by atoms with E-state index in [0.29, 0.717) is 11.9 Å². The molecule has 21 heavy (non-hydrogen) atoms. The summed E-state index contributed by atoms with van der Waals surface area (Å²) in [7, 11) is 1.70. The second-order valence-electron chi connectivity index (χ2n) is 5.03. The number of fused-ring (bicyclic) bond motifs is 1. The number of hydrogen-bond acceptors (Lipinski definition) is 3. The van der Waals surface area contributed by atoms with Crippen molar-refractivity contribution < 1.29 is 4.74 Å². The van der Waals surface area contributed by atoms with Crippen LogP contribution >= 0.6 is 23.4 Å². The molecule has 0 radical (unpaired) electrons. The van der Waals surface area contributed by atoms with Crippen molar-refractivity contribution in [3.63, 3.8) is 0 Å². The van der Waals surface area contributed by atoms with Crippen LogP contribution in [0.25, 0.3) is 11.0 Å². The molecule has 0 aliphatic carbocycles. The molecule has 0 aliphatic heterocycles. The van der Waals surface area contributed by atoms with Gasteiger partial charge in [0.1, 0.15) is 11.6 Å². The van der Waals surface area contributed by atoms with E-state index in [0.717, 1.165) is 35.4 Å². The van der Waals surface area contributed by atoms with E-state index < -0.39 is 0 Å². The topological polar surface area (TPSA) is 27.1 Å². The van der Waals surface area contributed by atoms with Gasteiger partial charge in [0.25, 0.3) is 0 Å². The number of rotatable bonds is 8. The van der Waals surface area contributed by atoms with Crippen molar-refractivity contribution in [1.82, 2.24) is 9.55 Å². The predicted octanol–water partition coefficient (Wildman–Crippen LogP) is 4.53. The van der Waals surface area contributed by atoms with E-state index >= 15 is 0 Å². The van der Waals surface area contributed by atoms with Crippen LogP contribution in [0.2, 0.25) is 0 Å². The lowest BCUT2D eigenvalue weighted by molar-refractivity contribution is 0.415. The summed E-state index contributed by atoms with van der Waals surface area (Å²) in [6.45, 7) is 4.46. The maximum absolute atomic E-state index is 5.94. The van der Waals surface area contributed by atoms with Gasteiger partial charge in [0.2, 0.25) is 0 Å². The molecule has 0 saturated carbocycles. The van der Waals surface area contributed by atoms with Crippen LogP contribution in [0, 0.1) is 0 Å². The van der Waals surface area contributed by atoms with E-state index in [9.17, 15) is 0 Å². The molecule has 116 valence electrons. The van der Waals surface area contributed by atoms with Gasteiger partial charge in [-0.3, -0.25) is 0 Å². The van der Waals surface area contributed by atoms with Crippen LogP contribution in [0.5, 0.6) is 5.75 Å². The molecule has 0 aliphatic rings. The molecule has 0 spiro atoms. The number of hydrogen-bond donors (Lipinski definition) is 0. The number of methoxy groups -OCH3 is 1. The number of benzene rings is 1. The van der Waals surface area contributed by atoms with Crippen LogP contribution in [-0.4, -0.2) is 34.0 Å². The molecule has 1 unspecified atom stereocenters. The molecule has 0 N–H and O–H groups in total. The zero-order valence-electron chi connectivity index (χ0n) is 12.9. The minimum absolute atomic E-state index is 0.416. The molecule has 1 atom stereocenters. The first-order valence-corrected chi connectivity index (χ1v) is 9.08. The van der Waals surface area contributed by atoms with Gasteiger partial charge in [0.05, 0.1) is 18.1 Å². The number of nitrogens with zero attached hydrogens (tertiary/aromatic N) is 2. The van der Waals surface area contributed by atoms with E-state index in [1.54, 1.807) is 7.11 Å². The summed E-state index contributed by atoms with van der Waals surface area (Å²) >= 11 is 7.92. The van der Waals surface area contributed by atoms with Crippen molar-refractivity contribution in [2.45, 2.75) is 32.7 Å². The van der Waals surface area contributed by atoms with Crippen LogP contribution in [0.4, 0.5) is 0 Å². The Morgan fingerprint density at radius 1 is 1.43 bits per heavy atom. The van der Waals surface area contributed by atoms with Crippen molar-refractivity contribution in [1.29, 1.82) is 0 Å². The Hall–Kier alpha value is -0.870. The number of aryl methyl sites for hydroxylation is 1. The van der Waals surface area contributed by atoms with Crippen LogP contribution in [0.15, 0.2) is 18.2 Å². The monoisotopic (exact) mass is 326 g/mol. The van der Waals surface area contributed by atoms with Gasteiger partial charge < -0.3 is 9.30 Å². The lowest BCUT2D eigenvalue weighted by Gasteiger charge is -2.17. The Bertz CT molecular complexity index is 585. The summed E-state index contributed by atoms with van der Waals surface area (Å²) in [5.41, 5.74) is 2.16. The first-order chi connectivity index (χ1) is 10.2. The largest absolute Gasteiger partial charge is 0.497 e. The highest BCUT2D eigenvalue weighted by molar-refractivity contribution is 7.99. The standard InChI is InChI=1S/C16H23ClN2OS/c1-4-21-10-8-12(2)19-15-11-13(20-3)5-6-14(15)18-16(19)7-9-17/h5-6,11-12H,4,7-10H2,1-3H3. The fourth-order valence-electron chi connectivity index (χ4n) is 2.53. The molecule has 1 aromatic carbocycles. The lowest BCUT2D eigenvalue weighted by Crippen LogP contribution is -2.11. The van der Waals surface area contributed by atoms with Crippen LogP contribution in [-0.2, 0) is 6.42 Å². The first kappa shape index (κ1) is 16.5. The SMILES string of the molecule is CCSCCC(C)n1c(CCCl)nc2ccc(OC)cc21. The van der Waals surface area contributed by atoms with Crippen molar-refractivity contribution in [2.75, 3.05) is 24.5 Å².